The Hall–Kier alpha value is -4.79. The average Bonchev–Trinajstić information content (AvgIpc) is 2.78. The Morgan fingerprint density at radius 1 is 0.844 bits per heavy atom. The molecule has 0 radical (unpaired) electrons. The van der Waals surface area contributed by atoms with Crippen molar-refractivity contribution in [2.24, 2.45) is 0 Å². The molecule has 0 amide bonds. The predicted octanol–water partition coefficient (Wildman–Crippen LogP) is 5.31. The van der Waals surface area contributed by atoms with Crippen LogP contribution in [0.1, 0.15) is 11.1 Å². The zero-order valence-corrected chi connectivity index (χ0v) is 16.4. The van der Waals surface area contributed by atoms with E-state index in [0.717, 1.165) is 28.6 Å². The molecule has 0 unspecified atom stereocenters. The number of nitrogens with one attached hydrogen (secondary N) is 1. The number of aromatic amines is 1. The van der Waals surface area contributed by atoms with Gasteiger partial charge in [0.05, 0.1) is 15.9 Å². The number of fused-ring (bicyclic) bond motifs is 1. The van der Waals surface area contributed by atoms with E-state index in [1.807, 2.05) is 24.3 Å². The van der Waals surface area contributed by atoms with E-state index < -0.39 is 21.2 Å². The van der Waals surface area contributed by atoms with Crippen LogP contribution in [0.4, 0.5) is 11.4 Å². The highest BCUT2D eigenvalue weighted by Crippen LogP contribution is 2.34. The summed E-state index contributed by atoms with van der Waals surface area (Å²) in [5, 5.41) is 23.0. The summed E-state index contributed by atoms with van der Waals surface area (Å²) in [7, 11) is 0. The standard InChI is InChI=1S/C23H15N3O6/c27-23-17(13-16-3-1-2-4-20(16)24-23)8-5-15-6-10-19(11-7-15)32-22-12-9-18(25(28)29)14-21(22)26(30)31/h1-14H,(H,24,27)/b8-5+. The highest BCUT2D eigenvalue weighted by molar-refractivity contribution is 5.82. The summed E-state index contributed by atoms with van der Waals surface area (Å²) in [6.07, 6.45) is 3.46. The largest absolute Gasteiger partial charge is 0.450 e. The van der Waals surface area contributed by atoms with Gasteiger partial charge in [0.1, 0.15) is 5.75 Å². The van der Waals surface area contributed by atoms with Gasteiger partial charge in [-0.1, -0.05) is 36.4 Å². The molecule has 9 heteroatoms. The van der Waals surface area contributed by atoms with Crippen LogP contribution in [-0.2, 0) is 0 Å². The fraction of sp³-hybridized carbons (Fsp3) is 0. The van der Waals surface area contributed by atoms with Gasteiger partial charge < -0.3 is 9.72 Å². The number of nitro groups is 2. The zero-order valence-electron chi connectivity index (χ0n) is 16.4. The lowest BCUT2D eigenvalue weighted by Gasteiger charge is -2.06. The monoisotopic (exact) mass is 429 g/mol. The number of aromatic nitrogens is 1. The Balaban J connectivity index is 1.54. The van der Waals surface area contributed by atoms with Crippen LogP contribution in [-0.4, -0.2) is 14.8 Å². The van der Waals surface area contributed by atoms with Gasteiger partial charge in [0.2, 0.25) is 5.75 Å². The first-order chi connectivity index (χ1) is 15.4. The van der Waals surface area contributed by atoms with E-state index in [1.54, 1.807) is 42.5 Å². The van der Waals surface area contributed by atoms with Crippen LogP contribution in [0.5, 0.6) is 11.5 Å². The summed E-state index contributed by atoms with van der Waals surface area (Å²) in [6, 6.07) is 19.1. The Bertz CT molecular complexity index is 1420. The molecule has 0 aliphatic rings. The molecule has 0 saturated heterocycles. The molecule has 1 heterocycles. The lowest BCUT2D eigenvalue weighted by Crippen LogP contribution is -2.08. The normalized spacial score (nSPS) is 11.0. The summed E-state index contributed by atoms with van der Waals surface area (Å²) in [4.78, 5) is 35.7. The molecule has 0 fully saturated rings. The zero-order chi connectivity index (χ0) is 22.7. The molecule has 0 spiro atoms. The van der Waals surface area contributed by atoms with E-state index in [9.17, 15) is 25.0 Å². The number of non-ortho nitro benzene ring substituents is 1. The predicted molar refractivity (Wildman–Crippen MR) is 120 cm³/mol. The lowest BCUT2D eigenvalue weighted by molar-refractivity contribution is -0.394. The van der Waals surface area contributed by atoms with Crippen LogP contribution < -0.4 is 10.3 Å². The Morgan fingerprint density at radius 2 is 1.59 bits per heavy atom. The number of ether oxygens (including phenoxy) is 1. The molecule has 1 N–H and O–H groups in total. The fourth-order valence-electron chi connectivity index (χ4n) is 3.10. The van der Waals surface area contributed by atoms with Gasteiger partial charge in [0.15, 0.2) is 0 Å². The third-order valence-corrected chi connectivity index (χ3v) is 4.70. The summed E-state index contributed by atoms with van der Waals surface area (Å²) in [5.74, 6) is 0.217. The summed E-state index contributed by atoms with van der Waals surface area (Å²) >= 11 is 0. The number of para-hydroxylation sites is 1. The van der Waals surface area contributed by atoms with E-state index in [4.69, 9.17) is 4.74 Å². The molecule has 0 saturated carbocycles. The van der Waals surface area contributed by atoms with Gasteiger partial charge in [0.25, 0.3) is 11.2 Å². The molecule has 0 aliphatic carbocycles. The van der Waals surface area contributed by atoms with Crippen molar-refractivity contribution in [1.29, 1.82) is 0 Å². The number of nitrogens with zero attached hydrogens (tertiary/aromatic N) is 2. The molecule has 3 aromatic carbocycles. The topological polar surface area (TPSA) is 128 Å². The number of nitro benzene ring substituents is 2. The van der Waals surface area contributed by atoms with Crippen LogP contribution in [0.3, 0.4) is 0 Å². The molecule has 0 atom stereocenters. The van der Waals surface area contributed by atoms with Gasteiger partial charge in [-0.25, -0.2) is 0 Å². The number of pyridine rings is 1. The second-order valence-corrected chi connectivity index (χ2v) is 6.81. The molecular weight excluding hydrogens is 414 g/mol. The van der Waals surface area contributed by atoms with Crippen molar-refractivity contribution in [3.8, 4) is 11.5 Å². The molecule has 0 bridgehead atoms. The molecule has 0 aliphatic heterocycles. The third-order valence-electron chi connectivity index (χ3n) is 4.70. The average molecular weight is 429 g/mol. The van der Waals surface area contributed by atoms with E-state index in [0.29, 0.717) is 11.3 Å². The summed E-state index contributed by atoms with van der Waals surface area (Å²) in [6.45, 7) is 0. The first-order valence-electron chi connectivity index (χ1n) is 9.41. The van der Waals surface area contributed by atoms with Crippen molar-refractivity contribution in [2.45, 2.75) is 0 Å². The number of rotatable bonds is 6. The summed E-state index contributed by atoms with van der Waals surface area (Å²) < 4.78 is 5.55. The molecule has 9 nitrogen and oxygen atoms in total. The van der Waals surface area contributed by atoms with Crippen molar-refractivity contribution in [3.05, 3.63) is 115 Å². The lowest BCUT2D eigenvalue weighted by atomic mass is 10.1. The van der Waals surface area contributed by atoms with Gasteiger partial charge in [-0.15, -0.1) is 0 Å². The van der Waals surface area contributed by atoms with Gasteiger partial charge in [-0.2, -0.15) is 0 Å². The third kappa shape index (κ3) is 4.36. The fourth-order valence-corrected chi connectivity index (χ4v) is 3.10. The molecular formula is C23H15N3O6. The van der Waals surface area contributed by atoms with Gasteiger partial charge >= 0.3 is 5.69 Å². The second kappa shape index (κ2) is 8.52. The quantitative estimate of drug-likeness (QED) is 0.327. The van der Waals surface area contributed by atoms with Crippen molar-refractivity contribution in [3.63, 3.8) is 0 Å². The van der Waals surface area contributed by atoms with Crippen LogP contribution in [0.2, 0.25) is 0 Å². The first-order valence-corrected chi connectivity index (χ1v) is 9.41. The minimum Gasteiger partial charge on any atom is -0.450 e. The number of hydrogen-bond acceptors (Lipinski definition) is 6. The number of benzene rings is 3. The number of hydrogen-bond donors (Lipinski definition) is 1. The van der Waals surface area contributed by atoms with Crippen LogP contribution >= 0.6 is 0 Å². The minimum atomic E-state index is -0.736. The Kier molecular flexibility index (Phi) is 5.45. The van der Waals surface area contributed by atoms with Crippen molar-refractivity contribution < 1.29 is 14.6 Å². The van der Waals surface area contributed by atoms with Gasteiger partial charge in [-0.3, -0.25) is 25.0 Å². The smallest absolute Gasteiger partial charge is 0.318 e. The van der Waals surface area contributed by atoms with E-state index >= 15 is 0 Å². The highest BCUT2D eigenvalue weighted by atomic mass is 16.6. The maximum atomic E-state index is 12.2. The molecule has 4 rings (SSSR count). The summed E-state index contributed by atoms with van der Waals surface area (Å²) in [5.41, 5.74) is 0.947. The van der Waals surface area contributed by atoms with E-state index in [2.05, 4.69) is 4.98 Å². The van der Waals surface area contributed by atoms with Gasteiger partial charge in [0, 0.05) is 17.1 Å². The van der Waals surface area contributed by atoms with Crippen molar-refractivity contribution >= 4 is 34.4 Å². The van der Waals surface area contributed by atoms with Crippen LogP contribution in [0.15, 0.2) is 77.6 Å². The second-order valence-electron chi connectivity index (χ2n) is 6.81. The van der Waals surface area contributed by atoms with Crippen LogP contribution in [0.25, 0.3) is 23.1 Å². The first kappa shape index (κ1) is 20.5. The minimum absolute atomic E-state index is 0.105. The Labute approximate surface area is 180 Å². The van der Waals surface area contributed by atoms with E-state index in [-0.39, 0.29) is 11.3 Å². The van der Waals surface area contributed by atoms with Crippen molar-refractivity contribution in [2.75, 3.05) is 0 Å². The molecule has 4 aromatic rings. The maximum Gasteiger partial charge on any atom is 0.318 e. The maximum absolute atomic E-state index is 12.2. The highest BCUT2D eigenvalue weighted by Gasteiger charge is 2.21. The van der Waals surface area contributed by atoms with Crippen molar-refractivity contribution in [1.82, 2.24) is 4.98 Å². The Morgan fingerprint density at radius 3 is 2.31 bits per heavy atom. The SMILES string of the molecule is O=c1[nH]c2ccccc2cc1/C=C/c1ccc(Oc2ccc([N+](=O)[O-])cc2[N+](=O)[O-])cc1. The molecule has 32 heavy (non-hydrogen) atoms. The molecule has 1 aromatic heterocycles. The van der Waals surface area contributed by atoms with E-state index in [1.165, 1.54) is 6.07 Å². The molecule has 158 valence electrons. The van der Waals surface area contributed by atoms with Gasteiger partial charge in [-0.05, 0) is 47.4 Å². The van der Waals surface area contributed by atoms with Crippen LogP contribution in [0, 0.1) is 20.2 Å². The number of H-pyrrole nitrogens is 1.